The maximum absolute atomic E-state index is 12.6. The number of Topliss-reactive ketones (excluding diaryl/α,β-unsaturated/α-hetero) is 2. The lowest BCUT2D eigenvalue weighted by Gasteiger charge is -2.26. The van der Waals surface area contributed by atoms with E-state index in [0.717, 1.165) is 5.56 Å². The van der Waals surface area contributed by atoms with Crippen molar-refractivity contribution in [1.82, 2.24) is 0 Å². The largest absolute Gasteiger partial charge is 0.298 e. The first-order valence-corrected chi connectivity index (χ1v) is 8.94. The molecule has 2 aromatic carbocycles. The molecule has 0 radical (unpaired) electrons. The van der Waals surface area contributed by atoms with E-state index in [1.165, 1.54) is 24.3 Å². The van der Waals surface area contributed by atoms with Crippen LogP contribution in [0.4, 0.5) is 5.69 Å². The van der Waals surface area contributed by atoms with E-state index in [0.29, 0.717) is 0 Å². The lowest BCUT2D eigenvalue weighted by atomic mass is 9.82. The van der Waals surface area contributed by atoms with Gasteiger partial charge >= 0.3 is 0 Å². The number of benzene rings is 2. The Kier molecular flexibility index (Phi) is 4.85. The van der Waals surface area contributed by atoms with Gasteiger partial charge in [0.25, 0.3) is 5.69 Å². The minimum Gasteiger partial charge on any atom is -0.298 e. The van der Waals surface area contributed by atoms with E-state index >= 15 is 0 Å². The molecular weight excluding hydrogens is 342 g/mol. The van der Waals surface area contributed by atoms with Gasteiger partial charge in [0.15, 0.2) is 16.8 Å². The Hall–Kier alpha value is -2.67. The number of nitrogens with zero attached hydrogens (tertiary/aromatic N) is 1. The molecule has 0 heterocycles. The first-order chi connectivity index (χ1) is 12.0. The molecule has 0 amide bonds. The third kappa shape index (κ3) is 3.56. The number of rotatable bonds is 4. The standard InChI is InChI=1S/C18H15NO5S/c20-16-10-13(12-4-2-1-3-5-12)11-17(21)18(16)25(24)15-8-6-14(7-9-15)19(22)23/h1-9,13,18H,10-11H2. The molecule has 2 aromatic rings. The van der Waals surface area contributed by atoms with Crippen LogP contribution in [0.2, 0.25) is 0 Å². The van der Waals surface area contributed by atoms with Crippen LogP contribution in [0.5, 0.6) is 0 Å². The van der Waals surface area contributed by atoms with Gasteiger partial charge in [-0.1, -0.05) is 30.3 Å². The third-order valence-electron chi connectivity index (χ3n) is 4.24. The Morgan fingerprint density at radius 2 is 1.48 bits per heavy atom. The summed E-state index contributed by atoms with van der Waals surface area (Å²) in [6.07, 6.45) is 0.332. The Labute approximate surface area is 146 Å². The van der Waals surface area contributed by atoms with E-state index in [1.807, 2.05) is 30.3 Å². The molecule has 0 N–H and O–H groups in total. The van der Waals surface area contributed by atoms with Crippen molar-refractivity contribution >= 4 is 28.1 Å². The van der Waals surface area contributed by atoms with E-state index in [-0.39, 0.29) is 40.9 Å². The molecule has 0 saturated heterocycles. The molecule has 25 heavy (non-hydrogen) atoms. The SMILES string of the molecule is O=C1CC(c2ccccc2)CC(=O)C1S(=O)c1ccc([N+](=O)[O-])cc1. The molecular formula is C18H15NO5S. The zero-order valence-corrected chi connectivity index (χ0v) is 14.0. The number of ketones is 2. The summed E-state index contributed by atoms with van der Waals surface area (Å²) in [4.78, 5) is 35.3. The first-order valence-electron chi connectivity index (χ1n) is 7.73. The Bertz CT molecular complexity index is 830. The highest BCUT2D eigenvalue weighted by Gasteiger charge is 2.40. The van der Waals surface area contributed by atoms with Crippen molar-refractivity contribution in [2.45, 2.75) is 28.9 Å². The number of carbonyl (C=O) groups excluding carboxylic acids is 2. The molecule has 1 aliphatic carbocycles. The highest BCUT2D eigenvalue weighted by atomic mass is 32.2. The van der Waals surface area contributed by atoms with Crippen LogP contribution < -0.4 is 0 Å². The molecule has 1 aliphatic rings. The Balaban J connectivity index is 1.79. The summed E-state index contributed by atoms with van der Waals surface area (Å²) in [6.45, 7) is 0. The maximum atomic E-state index is 12.6. The van der Waals surface area contributed by atoms with Crippen LogP contribution >= 0.6 is 0 Å². The van der Waals surface area contributed by atoms with Gasteiger partial charge in [-0.2, -0.15) is 0 Å². The molecule has 0 aliphatic heterocycles. The summed E-state index contributed by atoms with van der Waals surface area (Å²) in [6, 6.07) is 14.4. The number of hydrogen-bond acceptors (Lipinski definition) is 5. The van der Waals surface area contributed by atoms with Crippen LogP contribution in [0, 0.1) is 10.1 Å². The topological polar surface area (TPSA) is 94.3 Å². The molecule has 1 atom stereocenters. The summed E-state index contributed by atoms with van der Waals surface area (Å²) in [5.74, 6) is -0.880. The van der Waals surface area contributed by atoms with Gasteiger partial charge in [0.2, 0.25) is 0 Å². The number of hydrogen-bond donors (Lipinski definition) is 0. The smallest absolute Gasteiger partial charge is 0.269 e. The summed E-state index contributed by atoms with van der Waals surface area (Å²) in [5.41, 5.74) is 0.787. The quantitative estimate of drug-likeness (QED) is 0.476. The van der Waals surface area contributed by atoms with E-state index in [9.17, 15) is 23.9 Å². The zero-order chi connectivity index (χ0) is 18.0. The lowest BCUT2D eigenvalue weighted by molar-refractivity contribution is -0.384. The average molecular weight is 357 g/mol. The fourth-order valence-electron chi connectivity index (χ4n) is 2.99. The molecule has 6 nitrogen and oxygen atoms in total. The van der Waals surface area contributed by atoms with E-state index in [4.69, 9.17) is 0 Å². The summed E-state index contributed by atoms with van der Waals surface area (Å²) >= 11 is 0. The fraction of sp³-hybridized carbons (Fsp3) is 0.222. The predicted octanol–water partition coefficient (Wildman–Crippen LogP) is 2.79. The number of nitro benzene ring substituents is 1. The third-order valence-corrected chi connectivity index (χ3v) is 5.94. The Morgan fingerprint density at radius 1 is 0.920 bits per heavy atom. The van der Waals surface area contributed by atoms with Crippen molar-refractivity contribution in [2.75, 3.05) is 0 Å². The molecule has 1 unspecified atom stereocenters. The average Bonchev–Trinajstić information content (AvgIpc) is 2.61. The minimum atomic E-state index is -1.84. The number of carbonyl (C=O) groups is 2. The highest BCUT2D eigenvalue weighted by Crippen LogP contribution is 2.32. The van der Waals surface area contributed by atoms with Crippen molar-refractivity contribution in [2.24, 2.45) is 0 Å². The van der Waals surface area contributed by atoms with E-state index < -0.39 is 21.0 Å². The molecule has 128 valence electrons. The first kappa shape index (κ1) is 17.2. The monoisotopic (exact) mass is 357 g/mol. The number of non-ortho nitro benzene ring substituents is 1. The lowest BCUT2D eigenvalue weighted by Crippen LogP contribution is -2.40. The Morgan fingerprint density at radius 3 is 2.00 bits per heavy atom. The number of nitro groups is 1. The van der Waals surface area contributed by atoms with Gasteiger partial charge in [-0.15, -0.1) is 0 Å². The van der Waals surface area contributed by atoms with Gasteiger partial charge < -0.3 is 0 Å². The van der Waals surface area contributed by atoms with Gasteiger partial charge in [-0.25, -0.2) is 0 Å². The second-order valence-corrected chi connectivity index (χ2v) is 7.41. The molecule has 7 heteroatoms. The molecule has 3 rings (SSSR count). The fourth-order valence-corrected chi connectivity index (χ4v) is 4.34. The van der Waals surface area contributed by atoms with E-state index in [1.54, 1.807) is 0 Å². The van der Waals surface area contributed by atoms with Gasteiger partial charge in [0, 0.05) is 29.9 Å². The van der Waals surface area contributed by atoms with Crippen LogP contribution in [0.3, 0.4) is 0 Å². The van der Waals surface area contributed by atoms with Crippen molar-refractivity contribution in [3.63, 3.8) is 0 Å². The van der Waals surface area contributed by atoms with Crippen LogP contribution in [0.1, 0.15) is 24.3 Å². The predicted molar refractivity (Wildman–Crippen MR) is 91.7 cm³/mol. The highest BCUT2D eigenvalue weighted by molar-refractivity contribution is 7.87. The van der Waals surface area contributed by atoms with Crippen molar-refractivity contribution in [3.8, 4) is 0 Å². The van der Waals surface area contributed by atoms with Crippen LogP contribution in [0.25, 0.3) is 0 Å². The minimum absolute atomic E-state index is 0.133. The van der Waals surface area contributed by atoms with Gasteiger partial charge in [0.05, 0.1) is 15.7 Å². The van der Waals surface area contributed by atoms with E-state index in [2.05, 4.69) is 0 Å². The summed E-state index contributed by atoms with van der Waals surface area (Å²) < 4.78 is 12.6. The van der Waals surface area contributed by atoms with Crippen LogP contribution in [-0.2, 0) is 20.4 Å². The van der Waals surface area contributed by atoms with Crippen molar-refractivity contribution < 1.29 is 18.7 Å². The van der Waals surface area contributed by atoms with Crippen molar-refractivity contribution in [3.05, 3.63) is 70.3 Å². The van der Waals surface area contributed by atoms with Gasteiger partial charge in [-0.3, -0.25) is 23.9 Å². The van der Waals surface area contributed by atoms with Crippen LogP contribution in [0.15, 0.2) is 59.5 Å². The van der Waals surface area contributed by atoms with Crippen LogP contribution in [-0.4, -0.2) is 25.9 Å². The van der Waals surface area contributed by atoms with Gasteiger partial charge in [0.1, 0.15) is 0 Å². The maximum Gasteiger partial charge on any atom is 0.269 e. The second-order valence-electron chi connectivity index (χ2n) is 5.88. The zero-order valence-electron chi connectivity index (χ0n) is 13.2. The second kappa shape index (κ2) is 7.06. The van der Waals surface area contributed by atoms with Crippen molar-refractivity contribution in [1.29, 1.82) is 0 Å². The summed E-state index contributed by atoms with van der Waals surface area (Å²) in [7, 11) is -1.84. The molecule has 0 bridgehead atoms. The molecule has 0 spiro atoms. The molecule has 0 aromatic heterocycles. The molecule has 1 fully saturated rings. The molecule has 1 saturated carbocycles. The normalized spacial score (nSPS) is 21.8. The summed E-state index contributed by atoms with van der Waals surface area (Å²) in [5, 5.41) is 9.49. The van der Waals surface area contributed by atoms with Gasteiger partial charge in [-0.05, 0) is 23.6 Å².